The van der Waals surface area contributed by atoms with Crippen molar-refractivity contribution in [1.82, 2.24) is 20.0 Å². The minimum Gasteiger partial charge on any atom is -0.484 e. The maximum atomic E-state index is 9.85. The van der Waals surface area contributed by atoms with Crippen LogP contribution < -0.4 is 15.2 Å². The largest absolute Gasteiger partial charge is 0.484 e. The Bertz CT molecular complexity index is 1310. The van der Waals surface area contributed by atoms with E-state index in [-0.39, 0.29) is 6.10 Å². The van der Waals surface area contributed by atoms with E-state index in [2.05, 4.69) is 35.1 Å². The number of aromatic nitrogens is 3. The molecule has 35 heavy (non-hydrogen) atoms. The lowest BCUT2D eigenvalue weighted by Gasteiger charge is -2.38. The summed E-state index contributed by atoms with van der Waals surface area (Å²) in [6, 6.07) is 4.85. The molecule has 0 bridgehead atoms. The van der Waals surface area contributed by atoms with Crippen molar-refractivity contribution in [2.24, 2.45) is 0 Å². The molecular formula is C25H28N6O3S. The van der Waals surface area contributed by atoms with Gasteiger partial charge in [-0.1, -0.05) is 16.5 Å². The molecule has 3 aliphatic rings. The number of rotatable bonds is 4. The topological polar surface area (TPSA) is 123 Å². The first-order valence-electron chi connectivity index (χ1n) is 12.2. The summed E-state index contributed by atoms with van der Waals surface area (Å²) in [5.74, 6) is 0.805. The number of anilines is 1. The van der Waals surface area contributed by atoms with Gasteiger partial charge in [-0.05, 0) is 65.1 Å². The predicted molar refractivity (Wildman–Crippen MR) is 131 cm³/mol. The monoisotopic (exact) mass is 492 g/mol. The van der Waals surface area contributed by atoms with E-state index in [0.29, 0.717) is 40.6 Å². The highest BCUT2D eigenvalue weighted by Crippen LogP contribution is 2.56. The third-order valence-corrected chi connectivity index (χ3v) is 8.73. The lowest BCUT2D eigenvalue weighted by molar-refractivity contribution is 0.112. The molecule has 10 heteroatoms. The molecule has 1 fully saturated rings. The number of nitrogens with two attached hydrogens (primary N) is 1. The van der Waals surface area contributed by atoms with Crippen LogP contribution in [0, 0.1) is 11.3 Å². The van der Waals surface area contributed by atoms with Crippen LogP contribution in [-0.4, -0.2) is 52.4 Å². The molecule has 182 valence electrons. The molecule has 3 aromatic heterocycles. The van der Waals surface area contributed by atoms with Crippen molar-refractivity contribution in [1.29, 1.82) is 5.26 Å². The fourth-order valence-corrected chi connectivity index (χ4v) is 7.09. The fraction of sp³-hybridized carbons (Fsp3) is 0.520. The van der Waals surface area contributed by atoms with Gasteiger partial charge in [-0.25, -0.2) is 4.98 Å². The minimum atomic E-state index is -0.459. The number of hydrogen-bond acceptors (Lipinski definition) is 10. The second-order valence-corrected chi connectivity index (χ2v) is 10.7. The van der Waals surface area contributed by atoms with Crippen LogP contribution in [0.2, 0.25) is 0 Å². The van der Waals surface area contributed by atoms with Crippen molar-refractivity contribution in [2.45, 2.75) is 63.0 Å². The van der Waals surface area contributed by atoms with Gasteiger partial charge in [-0.15, -0.1) is 0 Å². The summed E-state index contributed by atoms with van der Waals surface area (Å²) in [4.78, 5) is 11.4. The van der Waals surface area contributed by atoms with Gasteiger partial charge in [0.05, 0.1) is 23.3 Å². The molecule has 3 atom stereocenters. The second-order valence-electron chi connectivity index (χ2n) is 9.73. The quantitative estimate of drug-likeness (QED) is 0.577. The molecule has 5 heterocycles. The van der Waals surface area contributed by atoms with Crippen LogP contribution in [0.1, 0.15) is 61.5 Å². The number of likely N-dealkylation sites (N-methyl/N-ethyl adjacent to an activating group) is 1. The molecule has 0 saturated carbocycles. The van der Waals surface area contributed by atoms with Gasteiger partial charge in [0.1, 0.15) is 22.9 Å². The highest BCUT2D eigenvalue weighted by atomic mass is 32.1. The summed E-state index contributed by atoms with van der Waals surface area (Å²) in [6.45, 7) is 3.71. The van der Waals surface area contributed by atoms with Gasteiger partial charge in [-0.2, -0.15) is 10.2 Å². The highest BCUT2D eigenvalue weighted by Gasteiger charge is 2.49. The Kier molecular flexibility index (Phi) is 5.42. The fourth-order valence-electron chi connectivity index (χ4n) is 6.10. The molecule has 1 saturated heterocycles. The third-order valence-electron chi connectivity index (χ3n) is 7.79. The Balaban J connectivity index is 1.36. The lowest BCUT2D eigenvalue weighted by atomic mass is 9.66. The van der Waals surface area contributed by atoms with E-state index in [9.17, 15) is 5.26 Å². The van der Waals surface area contributed by atoms with Gasteiger partial charge in [0, 0.05) is 23.4 Å². The maximum Gasteiger partial charge on any atom is 0.317 e. The molecule has 2 aliphatic heterocycles. The van der Waals surface area contributed by atoms with Crippen LogP contribution >= 0.6 is 11.3 Å². The van der Waals surface area contributed by atoms with Crippen LogP contribution in [0.4, 0.5) is 5.00 Å². The van der Waals surface area contributed by atoms with Gasteiger partial charge in [0.2, 0.25) is 0 Å². The van der Waals surface area contributed by atoms with E-state index in [1.807, 2.05) is 6.07 Å². The van der Waals surface area contributed by atoms with Crippen LogP contribution in [0.25, 0.3) is 11.4 Å². The smallest absolute Gasteiger partial charge is 0.317 e. The predicted octanol–water partition coefficient (Wildman–Crippen LogP) is 3.91. The molecule has 0 aromatic carbocycles. The molecule has 1 spiro atoms. The molecule has 3 aromatic rings. The summed E-state index contributed by atoms with van der Waals surface area (Å²) >= 11 is 1.34. The van der Waals surface area contributed by atoms with E-state index in [0.717, 1.165) is 60.6 Å². The second kappa shape index (κ2) is 8.50. The zero-order valence-corrected chi connectivity index (χ0v) is 20.7. The van der Waals surface area contributed by atoms with Gasteiger partial charge < -0.3 is 19.7 Å². The first-order valence-corrected chi connectivity index (χ1v) is 13.0. The van der Waals surface area contributed by atoms with E-state index >= 15 is 0 Å². The number of hydrogen-bond donors (Lipinski definition) is 1. The zero-order chi connectivity index (χ0) is 24.2. The molecule has 0 amide bonds. The van der Waals surface area contributed by atoms with E-state index in [4.69, 9.17) is 24.7 Å². The lowest BCUT2D eigenvalue weighted by Crippen LogP contribution is -2.38. The first kappa shape index (κ1) is 22.3. The Hall–Kier alpha value is -3.16. The van der Waals surface area contributed by atoms with Crippen molar-refractivity contribution in [3.63, 3.8) is 0 Å². The first-order chi connectivity index (χ1) is 17.0. The van der Waals surface area contributed by atoms with Crippen molar-refractivity contribution in [3.8, 4) is 28.5 Å². The van der Waals surface area contributed by atoms with Crippen LogP contribution in [0.5, 0.6) is 11.1 Å². The SMILES string of the molecule is CC(Oc1nccc(-c2noc3c2CCCC32CCOc3sc(N)c(C#N)c32)n1)C1CCCN1C. The molecule has 9 nitrogen and oxygen atoms in total. The average Bonchev–Trinajstić information content (AvgIpc) is 3.56. The van der Waals surface area contributed by atoms with E-state index in [1.54, 1.807) is 6.20 Å². The Morgan fingerprint density at radius 2 is 2.26 bits per heavy atom. The number of likely N-dealkylation sites (tertiary alicyclic amines) is 1. The molecule has 1 aliphatic carbocycles. The Morgan fingerprint density at radius 1 is 1.37 bits per heavy atom. The highest BCUT2D eigenvalue weighted by molar-refractivity contribution is 7.18. The van der Waals surface area contributed by atoms with E-state index in [1.165, 1.54) is 17.8 Å². The summed E-state index contributed by atoms with van der Waals surface area (Å²) in [5.41, 5.74) is 9.51. The average molecular weight is 493 g/mol. The summed E-state index contributed by atoms with van der Waals surface area (Å²) < 4.78 is 18.1. The standard InChI is InChI=1S/C25H28N6O3S/c1-14(18-6-4-11-31(18)2)33-24-28-10-7-17(29-24)20-15-5-3-8-25(21(15)34-30-20)9-12-32-23-19(25)16(13-26)22(27)35-23/h7,10,14,18H,3-6,8-9,11-12,27H2,1-2H3. The van der Waals surface area contributed by atoms with Crippen LogP contribution in [-0.2, 0) is 11.8 Å². The third kappa shape index (κ3) is 3.48. The molecule has 0 radical (unpaired) electrons. The van der Waals surface area contributed by atoms with Crippen molar-refractivity contribution in [3.05, 3.63) is 34.7 Å². The number of ether oxygens (including phenoxy) is 2. The van der Waals surface area contributed by atoms with E-state index < -0.39 is 5.41 Å². The maximum absolute atomic E-state index is 9.85. The molecule has 6 rings (SSSR count). The van der Waals surface area contributed by atoms with Crippen molar-refractivity contribution in [2.75, 3.05) is 25.9 Å². The number of nitrogens with zero attached hydrogens (tertiary/aromatic N) is 5. The zero-order valence-electron chi connectivity index (χ0n) is 19.9. The molecule has 3 unspecified atom stereocenters. The van der Waals surface area contributed by atoms with Crippen molar-refractivity contribution >= 4 is 16.3 Å². The van der Waals surface area contributed by atoms with Crippen LogP contribution in [0.15, 0.2) is 16.8 Å². The number of nitrogen functional groups attached to an aromatic ring is 1. The Morgan fingerprint density at radius 3 is 3.06 bits per heavy atom. The summed E-state index contributed by atoms with van der Waals surface area (Å²) in [7, 11) is 2.13. The number of fused-ring (bicyclic) bond motifs is 4. The van der Waals surface area contributed by atoms with Gasteiger partial charge in [0.25, 0.3) is 0 Å². The Labute approximate surface area is 207 Å². The van der Waals surface area contributed by atoms with Gasteiger partial charge in [0.15, 0.2) is 10.8 Å². The van der Waals surface area contributed by atoms with Gasteiger partial charge in [-0.3, -0.25) is 4.90 Å². The number of thiophene rings is 1. The summed E-state index contributed by atoms with van der Waals surface area (Å²) in [5, 5.41) is 15.5. The molecule has 2 N–H and O–H groups in total. The minimum absolute atomic E-state index is 0.0126. The molecular weight excluding hydrogens is 464 g/mol. The normalized spacial score (nSPS) is 24.4. The van der Waals surface area contributed by atoms with Gasteiger partial charge >= 0.3 is 6.01 Å². The van der Waals surface area contributed by atoms with Crippen LogP contribution in [0.3, 0.4) is 0 Å². The summed E-state index contributed by atoms with van der Waals surface area (Å²) in [6.07, 6.45) is 7.34. The van der Waals surface area contributed by atoms with Crippen molar-refractivity contribution < 1.29 is 14.0 Å². The number of nitriles is 1.